The predicted octanol–water partition coefficient (Wildman–Crippen LogP) is 1.80. The second-order valence-electron chi connectivity index (χ2n) is 8.86. The number of piperazine rings is 1. The zero-order valence-corrected chi connectivity index (χ0v) is 23.0. The zero-order chi connectivity index (χ0) is 22.9. The number of morpholine rings is 1. The van der Waals surface area contributed by atoms with Crippen molar-refractivity contribution >= 4 is 41.5 Å². The highest BCUT2D eigenvalue weighted by Gasteiger charge is 2.21. The molecule has 8 nitrogen and oxygen atoms in total. The van der Waals surface area contributed by atoms with Gasteiger partial charge in [0.05, 0.1) is 13.2 Å². The number of rotatable bonds is 7. The molecule has 0 atom stereocenters. The van der Waals surface area contributed by atoms with Crippen LogP contribution in [0.3, 0.4) is 0 Å². The van der Waals surface area contributed by atoms with Crippen molar-refractivity contribution in [2.45, 2.75) is 20.3 Å². The molecule has 186 valence electrons. The summed E-state index contributed by atoms with van der Waals surface area (Å²) in [6.45, 7) is 13.8. The second kappa shape index (κ2) is 14.0. The Hall–Kier alpha value is -1.59. The van der Waals surface area contributed by atoms with Crippen molar-refractivity contribution in [2.24, 2.45) is 4.99 Å². The SMILES string of the molecule is Cc1cccc(N2CCN(C(=NCC(=O)N(C)C)NCCCN3CCOCC3)CC2)c1C.I. The number of benzene rings is 1. The number of nitrogens with zero attached hydrogens (tertiary/aromatic N) is 5. The first kappa shape index (κ1) is 27.7. The molecular weight excluding hydrogens is 531 g/mol. The number of nitrogens with one attached hydrogen (secondary N) is 1. The lowest BCUT2D eigenvalue weighted by atomic mass is 10.1. The number of carbonyl (C=O) groups excluding carboxylic acids is 1. The minimum Gasteiger partial charge on any atom is -0.379 e. The van der Waals surface area contributed by atoms with E-state index in [-0.39, 0.29) is 36.4 Å². The maximum Gasteiger partial charge on any atom is 0.243 e. The van der Waals surface area contributed by atoms with Gasteiger partial charge in [-0.3, -0.25) is 9.69 Å². The molecule has 1 amide bonds. The average Bonchev–Trinajstić information content (AvgIpc) is 2.81. The van der Waals surface area contributed by atoms with Gasteiger partial charge in [-0.15, -0.1) is 24.0 Å². The molecule has 9 heteroatoms. The molecule has 1 N–H and O–H groups in total. The Balaban J connectivity index is 0.00000385. The van der Waals surface area contributed by atoms with E-state index >= 15 is 0 Å². The van der Waals surface area contributed by atoms with Crippen LogP contribution in [-0.2, 0) is 9.53 Å². The van der Waals surface area contributed by atoms with E-state index in [2.05, 4.69) is 57.1 Å². The largest absolute Gasteiger partial charge is 0.379 e. The minimum absolute atomic E-state index is 0. The third-order valence-electron chi connectivity index (χ3n) is 6.40. The molecule has 1 aromatic rings. The van der Waals surface area contributed by atoms with Crippen molar-refractivity contribution in [2.75, 3.05) is 91.1 Å². The highest BCUT2D eigenvalue weighted by Crippen LogP contribution is 2.23. The Bertz CT molecular complexity index is 774. The first-order valence-corrected chi connectivity index (χ1v) is 11.8. The first-order valence-electron chi connectivity index (χ1n) is 11.8. The van der Waals surface area contributed by atoms with Gasteiger partial charge in [0.25, 0.3) is 0 Å². The highest BCUT2D eigenvalue weighted by atomic mass is 127. The summed E-state index contributed by atoms with van der Waals surface area (Å²) in [4.78, 5) is 25.6. The Morgan fingerprint density at radius 1 is 1.09 bits per heavy atom. The standard InChI is InChI=1S/C24H40N6O2.HI/c1-20-7-5-8-22(21(20)2)29-11-13-30(14-12-29)24(26-19-23(31)27(3)4)25-9-6-10-28-15-17-32-18-16-28;/h5,7-8H,6,9-19H2,1-4H3,(H,25,26);1H. The quantitative estimate of drug-likeness (QED) is 0.233. The number of halogens is 1. The Morgan fingerprint density at radius 3 is 2.45 bits per heavy atom. The van der Waals surface area contributed by atoms with E-state index in [0.29, 0.717) is 0 Å². The van der Waals surface area contributed by atoms with Crippen molar-refractivity contribution in [1.29, 1.82) is 0 Å². The van der Waals surface area contributed by atoms with Gasteiger partial charge in [0, 0.05) is 65.6 Å². The lowest BCUT2D eigenvalue weighted by Gasteiger charge is -2.38. The van der Waals surface area contributed by atoms with E-state index in [4.69, 9.17) is 4.74 Å². The smallest absolute Gasteiger partial charge is 0.243 e. The molecule has 2 aliphatic rings. The number of likely N-dealkylation sites (N-methyl/N-ethyl adjacent to an activating group) is 1. The fourth-order valence-corrected chi connectivity index (χ4v) is 4.12. The van der Waals surface area contributed by atoms with E-state index in [1.807, 2.05) is 0 Å². The molecule has 0 aromatic heterocycles. The highest BCUT2D eigenvalue weighted by molar-refractivity contribution is 14.0. The average molecular weight is 573 g/mol. The van der Waals surface area contributed by atoms with Crippen molar-refractivity contribution in [3.05, 3.63) is 29.3 Å². The van der Waals surface area contributed by atoms with Gasteiger partial charge in [0.2, 0.25) is 5.91 Å². The van der Waals surface area contributed by atoms with Crippen LogP contribution in [0.2, 0.25) is 0 Å². The van der Waals surface area contributed by atoms with Gasteiger partial charge in [-0.25, -0.2) is 4.99 Å². The van der Waals surface area contributed by atoms with Gasteiger partial charge in [-0.1, -0.05) is 12.1 Å². The summed E-state index contributed by atoms with van der Waals surface area (Å²) < 4.78 is 5.43. The van der Waals surface area contributed by atoms with Crippen molar-refractivity contribution in [3.63, 3.8) is 0 Å². The number of ether oxygens (including phenoxy) is 1. The van der Waals surface area contributed by atoms with Crippen LogP contribution < -0.4 is 10.2 Å². The first-order chi connectivity index (χ1) is 15.5. The number of aliphatic imine (C=N–C) groups is 1. The third kappa shape index (κ3) is 8.29. The fourth-order valence-electron chi connectivity index (χ4n) is 4.12. The van der Waals surface area contributed by atoms with Gasteiger partial charge < -0.3 is 24.8 Å². The Labute approximate surface area is 216 Å². The summed E-state index contributed by atoms with van der Waals surface area (Å²) in [5, 5.41) is 3.53. The van der Waals surface area contributed by atoms with Crippen LogP contribution in [0.4, 0.5) is 5.69 Å². The van der Waals surface area contributed by atoms with Crippen molar-refractivity contribution < 1.29 is 9.53 Å². The number of hydrogen-bond acceptors (Lipinski definition) is 5. The van der Waals surface area contributed by atoms with Crippen LogP contribution in [0.1, 0.15) is 17.5 Å². The van der Waals surface area contributed by atoms with E-state index in [9.17, 15) is 4.79 Å². The molecule has 0 spiro atoms. The van der Waals surface area contributed by atoms with E-state index < -0.39 is 0 Å². The molecule has 2 saturated heterocycles. The lowest BCUT2D eigenvalue weighted by molar-refractivity contribution is -0.127. The Kier molecular flexibility index (Phi) is 11.7. The van der Waals surface area contributed by atoms with Gasteiger partial charge in [-0.05, 0) is 44.0 Å². The summed E-state index contributed by atoms with van der Waals surface area (Å²) in [6, 6.07) is 6.52. The summed E-state index contributed by atoms with van der Waals surface area (Å²) in [5.41, 5.74) is 4.01. The molecule has 0 bridgehead atoms. The normalized spacial score (nSPS) is 17.5. The number of hydrogen-bond donors (Lipinski definition) is 1. The van der Waals surface area contributed by atoms with Crippen LogP contribution in [0, 0.1) is 13.8 Å². The lowest BCUT2D eigenvalue weighted by Crippen LogP contribution is -2.53. The topological polar surface area (TPSA) is 63.7 Å². The molecule has 0 unspecified atom stereocenters. The van der Waals surface area contributed by atoms with E-state index in [1.165, 1.54) is 16.8 Å². The molecule has 0 radical (unpaired) electrons. The summed E-state index contributed by atoms with van der Waals surface area (Å²) in [6.07, 6.45) is 1.04. The van der Waals surface area contributed by atoms with Gasteiger partial charge in [0.15, 0.2) is 5.96 Å². The number of guanidine groups is 1. The number of anilines is 1. The molecule has 1 aromatic carbocycles. The third-order valence-corrected chi connectivity index (χ3v) is 6.40. The van der Waals surface area contributed by atoms with Crippen LogP contribution in [0.15, 0.2) is 23.2 Å². The number of amides is 1. The van der Waals surface area contributed by atoms with Crippen molar-refractivity contribution in [1.82, 2.24) is 20.0 Å². The minimum atomic E-state index is 0. The summed E-state index contributed by atoms with van der Waals surface area (Å²) >= 11 is 0. The molecule has 2 fully saturated rings. The molecule has 3 rings (SSSR count). The van der Waals surface area contributed by atoms with Crippen LogP contribution >= 0.6 is 24.0 Å². The molecule has 33 heavy (non-hydrogen) atoms. The number of aryl methyl sites for hydroxylation is 1. The molecule has 2 heterocycles. The van der Waals surface area contributed by atoms with Gasteiger partial charge in [0.1, 0.15) is 6.54 Å². The molecule has 0 saturated carbocycles. The fraction of sp³-hybridized carbons (Fsp3) is 0.667. The molecule has 2 aliphatic heterocycles. The van der Waals surface area contributed by atoms with Crippen LogP contribution in [0.5, 0.6) is 0 Å². The zero-order valence-electron chi connectivity index (χ0n) is 20.7. The van der Waals surface area contributed by atoms with Crippen LogP contribution in [0.25, 0.3) is 0 Å². The van der Waals surface area contributed by atoms with Gasteiger partial charge in [-0.2, -0.15) is 0 Å². The Morgan fingerprint density at radius 2 is 1.79 bits per heavy atom. The predicted molar refractivity (Wildman–Crippen MR) is 146 cm³/mol. The van der Waals surface area contributed by atoms with Crippen LogP contribution in [-0.4, -0.2) is 113 Å². The maximum absolute atomic E-state index is 12.1. The maximum atomic E-state index is 12.1. The second-order valence-corrected chi connectivity index (χ2v) is 8.86. The van der Waals surface area contributed by atoms with Crippen molar-refractivity contribution in [3.8, 4) is 0 Å². The monoisotopic (exact) mass is 572 g/mol. The number of carbonyl (C=O) groups is 1. The van der Waals surface area contributed by atoms with E-state index in [0.717, 1.165) is 78.0 Å². The molecular formula is C24H41IN6O2. The summed E-state index contributed by atoms with van der Waals surface area (Å²) in [7, 11) is 3.55. The molecule has 0 aliphatic carbocycles. The van der Waals surface area contributed by atoms with Gasteiger partial charge >= 0.3 is 0 Å². The summed E-state index contributed by atoms with van der Waals surface area (Å²) in [5.74, 6) is 0.870. The van der Waals surface area contributed by atoms with E-state index in [1.54, 1.807) is 19.0 Å².